The Morgan fingerprint density at radius 3 is 2.87 bits per heavy atom. The molecule has 3 aromatic rings. The van der Waals surface area contributed by atoms with Crippen LogP contribution in [0.1, 0.15) is 28.2 Å². The first kappa shape index (κ1) is 20.1. The average molecular weight is 427 g/mol. The summed E-state index contributed by atoms with van der Waals surface area (Å²) in [7, 11) is 0. The molecule has 0 saturated heterocycles. The molecule has 2 N–H and O–H groups in total. The number of amides is 2. The van der Waals surface area contributed by atoms with E-state index in [1.54, 1.807) is 35.2 Å². The summed E-state index contributed by atoms with van der Waals surface area (Å²) in [6, 6.07) is 11.4. The van der Waals surface area contributed by atoms with Gasteiger partial charge in [-0.15, -0.1) is 0 Å². The Balaban J connectivity index is 1.50. The number of halogens is 2. The quantitative estimate of drug-likeness (QED) is 0.663. The van der Waals surface area contributed by atoms with Crippen molar-refractivity contribution in [1.82, 2.24) is 14.9 Å². The molecule has 0 atom stereocenters. The molecule has 154 valence electrons. The number of hydrogen-bond donors (Lipinski definition) is 2. The molecule has 1 aliphatic rings. The molecular weight excluding hydrogens is 407 g/mol. The summed E-state index contributed by atoms with van der Waals surface area (Å²) < 4.78 is 13.9. The summed E-state index contributed by atoms with van der Waals surface area (Å²) in [5.74, 6) is 0.0768. The van der Waals surface area contributed by atoms with Gasteiger partial charge in [0.15, 0.2) is 0 Å². The van der Waals surface area contributed by atoms with E-state index in [-0.39, 0.29) is 30.4 Å². The van der Waals surface area contributed by atoms with Gasteiger partial charge in [-0.05, 0) is 36.2 Å². The van der Waals surface area contributed by atoms with E-state index in [2.05, 4.69) is 15.3 Å². The van der Waals surface area contributed by atoms with Crippen LogP contribution < -0.4 is 10.9 Å². The third-order valence-corrected chi connectivity index (χ3v) is 5.55. The molecule has 0 unspecified atom stereocenters. The smallest absolute Gasteiger partial charge is 0.320 e. The molecule has 4 rings (SSSR count). The number of aromatic amines is 1. The number of anilines is 1. The number of H-pyrrole nitrogens is 1. The van der Waals surface area contributed by atoms with Crippen molar-refractivity contribution in [3.63, 3.8) is 0 Å². The van der Waals surface area contributed by atoms with Crippen molar-refractivity contribution in [2.45, 2.75) is 26.3 Å². The number of fused-ring (bicyclic) bond motifs is 1. The van der Waals surface area contributed by atoms with Gasteiger partial charge in [-0.1, -0.05) is 35.9 Å². The lowest BCUT2D eigenvalue weighted by atomic mass is 10.1. The Morgan fingerprint density at radius 1 is 1.30 bits per heavy atom. The van der Waals surface area contributed by atoms with Crippen molar-refractivity contribution in [2.75, 3.05) is 11.9 Å². The van der Waals surface area contributed by atoms with Crippen LogP contribution >= 0.6 is 11.6 Å². The lowest BCUT2D eigenvalue weighted by molar-refractivity contribution is 0.205. The predicted octanol–water partition coefficient (Wildman–Crippen LogP) is 4.05. The van der Waals surface area contributed by atoms with Crippen LogP contribution in [-0.4, -0.2) is 27.4 Å². The van der Waals surface area contributed by atoms with Crippen LogP contribution in [0.5, 0.6) is 0 Å². The number of carbonyl (C=O) groups is 1. The van der Waals surface area contributed by atoms with Crippen molar-refractivity contribution in [3.8, 4) is 0 Å². The molecule has 2 heterocycles. The van der Waals surface area contributed by atoms with Crippen LogP contribution in [0, 0.1) is 12.7 Å². The normalized spacial score (nSPS) is 13.1. The molecular formula is C22H20ClFN4O2. The zero-order chi connectivity index (χ0) is 21.3. The number of aromatic nitrogens is 2. The van der Waals surface area contributed by atoms with Gasteiger partial charge in [-0.2, -0.15) is 0 Å². The summed E-state index contributed by atoms with van der Waals surface area (Å²) in [4.78, 5) is 34.0. The highest BCUT2D eigenvalue weighted by molar-refractivity contribution is 6.31. The van der Waals surface area contributed by atoms with Gasteiger partial charge in [0.05, 0.1) is 17.8 Å². The monoisotopic (exact) mass is 426 g/mol. The Labute approximate surface area is 177 Å². The second-order valence-corrected chi connectivity index (χ2v) is 7.68. The molecule has 0 aliphatic carbocycles. The Kier molecular flexibility index (Phi) is 5.55. The van der Waals surface area contributed by atoms with E-state index in [1.807, 2.05) is 13.0 Å². The third-order valence-electron chi connectivity index (χ3n) is 5.14. The topological polar surface area (TPSA) is 78.1 Å². The number of hydrogen-bond acceptors (Lipinski definition) is 3. The lowest BCUT2D eigenvalue weighted by Crippen LogP contribution is -2.42. The number of nitrogens with zero attached hydrogens (tertiary/aromatic N) is 2. The molecule has 0 fully saturated rings. The highest BCUT2D eigenvalue weighted by Gasteiger charge is 2.25. The van der Waals surface area contributed by atoms with Gasteiger partial charge in [0.1, 0.15) is 11.6 Å². The van der Waals surface area contributed by atoms with Gasteiger partial charge in [0, 0.05) is 30.1 Å². The lowest BCUT2D eigenvalue weighted by Gasteiger charge is -2.28. The molecule has 0 bridgehead atoms. The minimum absolute atomic E-state index is 0.156. The first-order valence-corrected chi connectivity index (χ1v) is 9.95. The first-order valence-electron chi connectivity index (χ1n) is 9.57. The van der Waals surface area contributed by atoms with Gasteiger partial charge in [0.25, 0.3) is 5.56 Å². The van der Waals surface area contributed by atoms with Crippen molar-refractivity contribution >= 4 is 23.3 Å². The maximum atomic E-state index is 13.9. The van der Waals surface area contributed by atoms with Gasteiger partial charge in [-0.3, -0.25) is 4.79 Å². The maximum absolute atomic E-state index is 13.9. The Morgan fingerprint density at radius 2 is 2.10 bits per heavy atom. The minimum atomic E-state index is -0.336. The fraction of sp³-hybridized carbons (Fsp3) is 0.227. The summed E-state index contributed by atoms with van der Waals surface area (Å²) in [5, 5.41) is 3.38. The van der Waals surface area contributed by atoms with Gasteiger partial charge >= 0.3 is 6.03 Å². The number of urea groups is 1. The summed E-state index contributed by atoms with van der Waals surface area (Å²) in [5.41, 5.74) is 2.78. The minimum Gasteiger partial charge on any atom is -0.320 e. The van der Waals surface area contributed by atoms with E-state index in [0.29, 0.717) is 46.3 Å². The zero-order valence-electron chi connectivity index (χ0n) is 16.3. The highest BCUT2D eigenvalue weighted by atomic mass is 35.5. The van der Waals surface area contributed by atoms with Gasteiger partial charge < -0.3 is 15.2 Å². The predicted molar refractivity (Wildman–Crippen MR) is 113 cm³/mol. The number of carbonyl (C=O) groups excluding carboxylic acids is 1. The zero-order valence-corrected chi connectivity index (χ0v) is 17.1. The largest absolute Gasteiger partial charge is 0.322 e. The second kappa shape index (κ2) is 8.28. The van der Waals surface area contributed by atoms with Crippen LogP contribution in [0.25, 0.3) is 0 Å². The summed E-state index contributed by atoms with van der Waals surface area (Å²) >= 11 is 6.11. The van der Waals surface area contributed by atoms with Gasteiger partial charge in [-0.25, -0.2) is 14.2 Å². The van der Waals surface area contributed by atoms with E-state index in [9.17, 15) is 14.0 Å². The van der Waals surface area contributed by atoms with Crippen molar-refractivity contribution in [3.05, 3.63) is 91.9 Å². The van der Waals surface area contributed by atoms with Gasteiger partial charge in [0.2, 0.25) is 0 Å². The molecule has 1 aliphatic heterocycles. The number of nitrogens with one attached hydrogen (secondary N) is 2. The molecule has 0 saturated carbocycles. The second-order valence-electron chi connectivity index (χ2n) is 7.27. The third kappa shape index (κ3) is 4.21. The molecule has 2 aromatic carbocycles. The van der Waals surface area contributed by atoms with E-state index >= 15 is 0 Å². The van der Waals surface area contributed by atoms with E-state index < -0.39 is 0 Å². The summed E-state index contributed by atoms with van der Waals surface area (Å²) in [6.07, 6.45) is 0.652. The molecule has 0 spiro atoms. The van der Waals surface area contributed by atoms with Crippen LogP contribution in [0.3, 0.4) is 0 Å². The molecule has 6 nitrogen and oxygen atoms in total. The van der Waals surface area contributed by atoms with Crippen LogP contribution in [0.4, 0.5) is 14.9 Å². The van der Waals surface area contributed by atoms with E-state index in [0.717, 1.165) is 5.56 Å². The molecule has 0 radical (unpaired) electrons. The number of aryl methyl sites for hydroxylation is 1. The standard InChI is InChI=1S/C22H20ClFN4O2/c1-13-6-7-15(11-17(13)23)25-22(30)28-9-8-19-16(12-28)21(29)27-20(26-19)10-14-4-2-3-5-18(14)24/h2-7,11H,8-10,12H2,1H3,(H,25,30)(H,26,27,29). The SMILES string of the molecule is Cc1ccc(NC(=O)N2CCc3nc(Cc4ccccc4F)[nH]c(=O)c3C2)cc1Cl. The van der Waals surface area contributed by atoms with Crippen molar-refractivity contribution in [2.24, 2.45) is 0 Å². The van der Waals surface area contributed by atoms with Crippen LogP contribution in [0.15, 0.2) is 47.3 Å². The van der Waals surface area contributed by atoms with Crippen molar-refractivity contribution < 1.29 is 9.18 Å². The molecule has 30 heavy (non-hydrogen) atoms. The fourth-order valence-corrected chi connectivity index (χ4v) is 3.61. The average Bonchev–Trinajstić information content (AvgIpc) is 2.72. The molecule has 8 heteroatoms. The maximum Gasteiger partial charge on any atom is 0.322 e. The number of rotatable bonds is 3. The van der Waals surface area contributed by atoms with Crippen LogP contribution in [0.2, 0.25) is 5.02 Å². The fourth-order valence-electron chi connectivity index (χ4n) is 3.43. The van der Waals surface area contributed by atoms with E-state index in [1.165, 1.54) is 6.07 Å². The number of benzene rings is 2. The van der Waals surface area contributed by atoms with Crippen LogP contribution in [-0.2, 0) is 19.4 Å². The molecule has 1 aromatic heterocycles. The Hall–Kier alpha value is -3.19. The molecule has 2 amide bonds. The Bertz CT molecular complexity index is 1180. The summed E-state index contributed by atoms with van der Waals surface area (Å²) in [6.45, 7) is 2.46. The first-order chi connectivity index (χ1) is 14.4. The van der Waals surface area contributed by atoms with E-state index in [4.69, 9.17) is 11.6 Å². The highest BCUT2D eigenvalue weighted by Crippen LogP contribution is 2.21. The van der Waals surface area contributed by atoms with Crippen molar-refractivity contribution in [1.29, 1.82) is 0 Å².